The van der Waals surface area contributed by atoms with Crippen molar-refractivity contribution in [3.63, 3.8) is 0 Å². The molecule has 8 nitrogen and oxygen atoms in total. The minimum absolute atomic E-state index is 0.0722. The van der Waals surface area contributed by atoms with Crippen LogP contribution in [0, 0.1) is 0 Å². The fourth-order valence-electron chi connectivity index (χ4n) is 3.29. The highest BCUT2D eigenvalue weighted by Crippen LogP contribution is 2.25. The zero-order valence-electron chi connectivity index (χ0n) is 14.0. The van der Waals surface area contributed by atoms with Crippen LogP contribution in [0.4, 0.5) is 5.82 Å². The van der Waals surface area contributed by atoms with Gasteiger partial charge in [0.05, 0.1) is 11.7 Å². The first-order chi connectivity index (χ1) is 12.2. The predicted molar refractivity (Wildman–Crippen MR) is 93.2 cm³/mol. The van der Waals surface area contributed by atoms with Gasteiger partial charge in [-0.05, 0) is 25.0 Å². The summed E-state index contributed by atoms with van der Waals surface area (Å²) in [6, 6.07) is 3.73. The predicted octanol–water partition coefficient (Wildman–Crippen LogP) is 1.16. The van der Waals surface area contributed by atoms with Crippen LogP contribution in [0.1, 0.15) is 23.3 Å². The first-order valence-corrected chi connectivity index (χ1v) is 8.31. The monoisotopic (exact) mass is 337 g/mol. The molecular weight excluding hydrogens is 318 g/mol. The summed E-state index contributed by atoms with van der Waals surface area (Å²) in [4.78, 5) is 27.5. The number of nitrogens with one attached hydrogen (secondary N) is 1. The molecule has 0 saturated carbocycles. The molecule has 0 aromatic carbocycles. The number of pyridine rings is 1. The summed E-state index contributed by atoms with van der Waals surface area (Å²) in [6.07, 6.45) is 8.63. The van der Waals surface area contributed by atoms with Gasteiger partial charge in [-0.1, -0.05) is 0 Å². The van der Waals surface area contributed by atoms with Crippen LogP contribution in [0.2, 0.25) is 0 Å². The third-order valence-corrected chi connectivity index (χ3v) is 4.53. The van der Waals surface area contributed by atoms with Crippen LogP contribution >= 0.6 is 0 Å². The highest BCUT2D eigenvalue weighted by molar-refractivity contribution is 5.93. The van der Waals surface area contributed by atoms with E-state index < -0.39 is 0 Å². The zero-order chi connectivity index (χ0) is 17.2. The highest BCUT2D eigenvalue weighted by atomic mass is 16.2. The van der Waals surface area contributed by atoms with E-state index in [1.165, 1.54) is 0 Å². The molecule has 0 radical (unpaired) electrons. The van der Waals surface area contributed by atoms with Gasteiger partial charge in [-0.15, -0.1) is 0 Å². The molecule has 1 unspecified atom stereocenters. The fourth-order valence-corrected chi connectivity index (χ4v) is 3.29. The van der Waals surface area contributed by atoms with Crippen molar-refractivity contribution in [2.24, 2.45) is 7.05 Å². The van der Waals surface area contributed by atoms with Crippen molar-refractivity contribution in [1.29, 1.82) is 0 Å². The largest absolute Gasteiger partial charge is 0.354 e. The van der Waals surface area contributed by atoms with Gasteiger partial charge in [-0.3, -0.25) is 14.5 Å². The molecule has 4 heterocycles. The Bertz CT molecular complexity index is 901. The van der Waals surface area contributed by atoms with Gasteiger partial charge >= 0.3 is 0 Å². The van der Waals surface area contributed by atoms with Gasteiger partial charge < -0.3 is 10.2 Å². The van der Waals surface area contributed by atoms with E-state index in [1.807, 2.05) is 6.07 Å². The lowest BCUT2D eigenvalue weighted by Crippen LogP contribution is -2.48. The molecule has 1 amide bonds. The molecule has 3 aromatic heterocycles. The van der Waals surface area contributed by atoms with Crippen LogP contribution in [0.3, 0.4) is 0 Å². The maximum Gasteiger partial charge on any atom is 0.269 e. The molecule has 1 saturated heterocycles. The number of nitrogens with zero attached hydrogens (tertiary/aromatic N) is 6. The minimum atomic E-state index is -0.0939. The number of amides is 1. The van der Waals surface area contributed by atoms with Crippen LogP contribution in [-0.2, 0) is 7.05 Å². The topological polar surface area (TPSA) is 88.8 Å². The number of carbonyl (C=O) groups excluding carboxylic acids is 1. The third kappa shape index (κ3) is 3.02. The molecule has 0 bridgehead atoms. The number of rotatable bonds is 3. The minimum Gasteiger partial charge on any atom is -0.354 e. The average Bonchev–Trinajstić information content (AvgIpc) is 3.07. The van der Waals surface area contributed by atoms with E-state index >= 15 is 0 Å². The maximum atomic E-state index is 12.4. The Morgan fingerprint density at radius 1 is 1.28 bits per heavy atom. The molecule has 0 aliphatic carbocycles. The van der Waals surface area contributed by atoms with Gasteiger partial charge in [-0.2, -0.15) is 5.10 Å². The number of aromatic nitrogens is 5. The number of piperidine rings is 1. The SMILES string of the molecule is Cn1nccc1C(=O)NC1CCCN(c2ncnc3cnccc23)C1. The Labute approximate surface area is 144 Å². The van der Waals surface area contributed by atoms with Gasteiger partial charge in [0.25, 0.3) is 5.91 Å². The van der Waals surface area contributed by atoms with Crippen LogP contribution in [0.15, 0.2) is 37.1 Å². The standard InChI is InChI=1S/C17H19N7O/c1-23-15(5-7-21-23)17(25)22-12-3-2-8-24(10-12)16-13-4-6-18-9-14(13)19-11-20-16/h4-7,9,11-12H,2-3,8,10H2,1H3,(H,22,25). The molecular formula is C17H19N7O. The van der Waals surface area contributed by atoms with E-state index in [-0.39, 0.29) is 11.9 Å². The molecule has 3 aromatic rings. The van der Waals surface area contributed by atoms with Crippen molar-refractivity contribution in [1.82, 2.24) is 30.0 Å². The fraction of sp³-hybridized carbons (Fsp3) is 0.353. The lowest BCUT2D eigenvalue weighted by atomic mass is 10.0. The molecule has 1 aliphatic heterocycles. The Kier molecular flexibility index (Phi) is 4.01. The van der Waals surface area contributed by atoms with Gasteiger partial charge in [0, 0.05) is 44.0 Å². The molecule has 128 valence electrons. The number of anilines is 1. The molecule has 8 heteroatoms. The molecule has 25 heavy (non-hydrogen) atoms. The number of hydrogen-bond acceptors (Lipinski definition) is 6. The summed E-state index contributed by atoms with van der Waals surface area (Å²) in [5.74, 6) is 0.801. The van der Waals surface area contributed by atoms with Crippen LogP contribution < -0.4 is 10.2 Å². The second-order valence-electron chi connectivity index (χ2n) is 6.19. The summed E-state index contributed by atoms with van der Waals surface area (Å²) in [5.41, 5.74) is 1.39. The Morgan fingerprint density at radius 3 is 3.04 bits per heavy atom. The van der Waals surface area contributed by atoms with Crippen LogP contribution in [0.25, 0.3) is 10.9 Å². The number of aryl methyl sites for hydroxylation is 1. The lowest BCUT2D eigenvalue weighted by molar-refractivity contribution is 0.0923. The molecule has 1 atom stereocenters. The molecule has 1 N–H and O–H groups in total. The molecule has 1 fully saturated rings. The van der Waals surface area contributed by atoms with Crippen molar-refractivity contribution >= 4 is 22.6 Å². The molecule has 0 spiro atoms. The third-order valence-electron chi connectivity index (χ3n) is 4.53. The number of carbonyl (C=O) groups is 1. The summed E-state index contributed by atoms with van der Waals surface area (Å²) in [5, 5.41) is 8.15. The highest BCUT2D eigenvalue weighted by Gasteiger charge is 2.24. The second-order valence-corrected chi connectivity index (χ2v) is 6.19. The summed E-state index contributed by atoms with van der Waals surface area (Å²) < 4.78 is 1.58. The van der Waals surface area contributed by atoms with Gasteiger partial charge in [0.2, 0.25) is 0 Å². The summed E-state index contributed by atoms with van der Waals surface area (Å²) >= 11 is 0. The van der Waals surface area contributed by atoms with Gasteiger partial charge in [-0.25, -0.2) is 9.97 Å². The first kappa shape index (κ1) is 15.5. The normalized spacial score (nSPS) is 17.6. The van der Waals surface area contributed by atoms with Crippen molar-refractivity contribution in [2.45, 2.75) is 18.9 Å². The Balaban J connectivity index is 1.53. The number of fused-ring (bicyclic) bond motifs is 1. The zero-order valence-corrected chi connectivity index (χ0v) is 14.0. The summed E-state index contributed by atoms with van der Waals surface area (Å²) in [7, 11) is 1.77. The number of hydrogen-bond donors (Lipinski definition) is 1. The second kappa shape index (κ2) is 6.46. The van der Waals surface area contributed by atoms with E-state index in [9.17, 15) is 4.79 Å². The maximum absolute atomic E-state index is 12.4. The van der Waals surface area contributed by atoms with E-state index in [0.717, 1.165) is 42.7 Å². The van der Waals surface area contributed by atoms with E-state index in [4.69, 9.17) is 0 Å². The van der Waals surface area contributed by atoms with Crippen LogP contribution in [0.5, 0.6) is 0 Å². The van der Waals surface area contributed by atoms with Gasteiger partial charge in [0.1, 0.15) is 17.8 Å². The van der Waals surface area contributed by atoms with E-state index in [1.54, 1.807) is 42.7 Å². The van der Waals surface area contributed by atoms with Crippen molar-refractivity contribution < 1.29 is 4.79 Å². The van der Waals surface area contributed by atoms with E-state index in [0.29, 0.717) is 5.69 Å². The lowest BCUT2D eigenvalue weighted by Gasteiger charge is -2.34. The van der Waals surface area contributed by atoms with Crippen molar-refractivity contribution in [2.75, 3.05) is 18.0 Å². The van der Waals surface area contributed by atoms with Crippen LogP contribution in [-0.4, -0.2) is 49.8 Å². The Morgan fingerprint density at radius 2 is 2.20 bits per heavy atom. The van der Waals surface area contributed by atoms with Crippen molar-refractivity contribution in [3.8, 4) is 0 Å². The van der Waals surface area contributed by atoms with Crippen molar-refractivity contribution in [3.05, 3.63) is 42.7 Å². The average molecular weight is 337 g/mol. The quantitative estimate of drug-likeness (QED) is 0.771. The van der Waals surface area contributed by atoms with Gasteiger partial charge in [0.15, 0.2) is 0 Å². The first-order valence-electron chi connectivity index (χ1n) is 8.31. The summed E-state index contributed by atoms with van der Waals surface area (Å²) in [6.45, 7) is 1.63. The molecule has 1 aliphatic rings. The van der Waals surface area contributed by atoms with E-state index in [2.05, 4.69) is 30.3 Å². The smallest absolute Gasteiger partial charge is 0.269 e. The Hall–Kier alpha value is -3.03. The molecule has 4 rings (SSSR count).